The molecule has 0 aliphatic heterocycles. The molecule has 0 bridgehead atoms. The van der Waals surface area contributed by atoms with Crippen molar-refractivity contribution in [3.05, 3.63) is 35.4 Å². The second kappa shape index (κ2) is 12.0. The van der Waals surface area contributed by atoms with Crippen LogP contribution in [0.25, 0.3) is 0 Å². The van der Waals surface area contributed by atoms with Gasteiger partial charge in [-0.3, -0.25) is 0 Å². The molecule has 1 aromatic carbocycles. The molecule has 0 aliphatic carbocycles. The lowest BCUT2D eigenvalue weighted by molar-refractivity contribution is -0.0442. The molecule has 0 fully saturated rings. The van der Waals surface area contributed by atoms with Gasteiger partial charge in [-0.15, -0.1) is 0 Å². The van der Waals surface area contributed by atoms with Crippen molar-refractivity contribution >= 4 is 19.0 Å². The Kier molecular flexibility index (Phi) is 10.6. The van der Waals surface area contributed by atoms with E-state index in [1.54, 1.807) is 28.4 Å². The first kappa shape index (κ1) is 19.5. The van der Waals surface area contributed by atoms with Gasteiger partial charge in [0.15, 0.2) is 0 Å². The maximum Gasteiger partial charge on any atom is 0.136 e. The van der Waals surface area contributed by atoms with E-state index in [0.29, 0.717) is 19.0 Å². The van der Waals surface area contributed by atoms with Crippen molar-refractivity contribution in [1.29, 1.82) is 0 Å². The maximum absolute atomic E-state index is 5.21. The van der Waals surface area contributed by atoms with Crippen LogP contribution in [-0.2, 0) is 31.8 Å². The number of benzene rings is 1. The normalized spacial score (nSPS) is 11.5. The lowest BCUT2D eigenvalue weighted by Gasteiger charge is -2.12. The molecule has 6 heteroatoms. The molecule has 1 aromatic rings. The molecular formula is C16H26O4Si2. The van der Waals surface area contributed by atoms with Crippen LogP contribution in [0.3, 0.4) is 0 Å². The largest absolute Gasteiger partial charge is 0.360 e. The SMILES string of the molecule is COC(OC)[Si]CCc1ccc(CC[Si]C(OC)OC)cc1. The van der Waals surface area contributed by atoms with E-state index in [4.69, 9.17) is 18.9 Å². The van der Waals surface area contributed by atoms with Gasteiger partial charge in [0.2, 0.25) is 0 Å². The Bertz CT molecular complexity index is 341. The molecule has 0 amide bonds. The lowest BCUT2D eigenvalue weighted by Crippen LogP contribution is -2.21. The van der Waals surface area contributed by atoms with Crippen LogP contribution in [0.4, 0.5) is 0 Å². The number of rotatable bonds is 12. The molecule has 22 heavy (non-hydrogen) atoms. The third-order valence-electron chi connectivity index (χ3n) is 3.33. The van der Waals surface area contributed by atoms with Crippen molar-refractivity contribution in [1.82, 2.24) is 0 Å². The first-order chi connectivity index (χ1) is 10.7. The summed E-state index contributed by atoms with van der Waals surface area (Å²) in [7, 11) is 8.10. The third kappa shape index (κ3) is 7.66. The van der Waals surface area contributed by atoms with Gasteiger partial charge in [-0.25, -0.2) is 0 Å². The van der Waals surface area contributed by atoms with Gasteiger partial charge in [-0.2, -0.15) is 0 Å². The molecule has 122 valence electrons. The smallest absolute Gasteiger partial charge is 0.136 e. The summed E-state index contributed by atoms with van der Waals surface area (Å²) in [5, 5.41) is 0. The second-order valence-electron chi connectivity index (χ2n) is 4.83. The van der Waals surface area contributed by atoms with Gasteiger partial charge in [0.25, 0.3) is 0 Å². The van der Waals surface area contributed by atoms with E-state index in [9.17, 15) is 0 Å². The first-order valence-electron chi connectivity index (χ1n) is 7.39. The Morgan fingerprint density at radius 3 is 1.27 bits per heavy atom. The minimum absolute atomic E-state index is 0.0604. The highest BCUT2D eigenvalue weighted by Gasteiger charge is 2.07. The zero-order valence-electron chi connectivity index (χ0n) is 13.9. The molecule has 0 atom stereocenters. The average molecular weight is 339 g/mol. The standard InChI is InChI=1S/C16H26O4Si2/c1-17-15(18-2)21-11-9-13-5-7-14(8-6-13)10-12-22-16(19-3)20-4/h5-8,15-16H,9-12H2,1-4H3. The molecule has 1 rings (SSSR count). The minimum Gasteiger partial charge on any atom is -0.360 e. The molecule has 0 N–H and O–H groups in total. The van der Waals surface area contributed by atoms with Crippen molar-refractivity contribution in [3.63, 3.8) is 0 Å². The van der Waals surface area contributed by atoms with Gasteiger partial charge < -0.3 is 18.9 Å². The highest BCUT2D eigenvalue weighted by molar-refractivity contribution is 6.36. The van der Waals surface area contributed by atoms with Crippen molar-refractivity contribution in [2.75, 3.05) is 28.4 Å². The summed E-state index contributed by atoms with van der Waals surface area (Å²) in [6, 6.07) is 11.1. The van der Waals surface area contributed by atoms with Crippen molar-refractivity contribution in [3.8, 4) is 0 Å². The fraction of sp³-hybridized carbons (Fsp3) is 0.625. The fourth-order valence-electron chi connectivity index (χ4n) is 2.07. The molecule has 4 radical (unpaired) electrons. The van der Waals surface area contributed by atoms with Crippen LogP contribution in [-0.4, -0.2) is 59.3 Å². The van der Waals surface area contributed by atoms with Gasteiger partial charge in [-0.1, -0.05) is 36.4 Å². The molecule has 0 aliphatic rings. The van der Waals surface area contributed by atoms with Crippen LogP contribution >= 0.6 is 0 Å². The number of hydrogen-bond donors (Lipinski definition) is 0. The number of aryl methyl sites for hydroxylation is 2. The molecule has 4 nitrogen and oxygen atoms in total. The van der Waals surface area contributed by atoms with Crippen LogP contribution in [0.5, 0.6) is 0 Å². The quantitative estimate of drug-likeness (QED) is 0.432. The summed E-state index contributed by atoms with van der Waals surface area (Å²) < 4.78 is 20.8. The Morgan fingerprint density at radius 1 is 0.682 bits per heavy atom. The molecule has 0 saturated carbocycles. The van der Waals surface area contributed by atoms with Crippen LogP contribution < -0.4 is 0 Å². The molecule has 0 unspecified atom stereocenters. The predicted molar refractivity (Wildman–Crippen MR) is 90.6 cm³/mol. The van der Waals surface area contributed by atoms with Crippen LogP contribution in [0.1, 0.15) is 11.1 Å². The summed E-state index contributed by atoms with van der Waals surface area (Å²) >= 11 is 0. The lowest BCUT2D eigenvalue weighted by atomic mass is 10.1. The molecule has 0 saturated heterocycles. The van der Waals surface area contributed by atoms with E-state index in [2.05, 4.69) is 24.3 Å². The summed E-state index contributed by atoms with van der Waals surface area (Å²) in [5.41, 5.74) is 2.74. The third-order valence-corrected chi connectivity index (χ3v) is 6.02. The van der Waals surface area contributed by atoms with E-state index >= 15 is 0 Å². The van der Waals surface area contributed by atoms with E-state index in [1.807, 2.05) is 0 Å². The van der Waals surface area contributed by atoms with E-state index in [1.165, 1.54) is 11.1 Å². The van der Waals surface area contributed by atoms with Gasteiger partial charge in [0.05, 0.1) is 0 Å². The highest BCUT2D eigenvalue weighted by atomic mass is 28.2. The Hall–Kier alpha value is -0.506. The average Bonchev–Trinajstić information content (AvgIpc) is 2.57. The predicted octanol–water partition coefficient (Wildman–Crippen LogP) is 2.17. The molecular weight excluding hydrogens is 312 g/mol. The Balaban J connectivity index is 2.27. The highest BCUT2D eigenvalue weighted by Crippen LogP contribution is 2.10. The van der Waals surface area contributed by atoms with Crippen molar-refractivity contribution in [2.24, 2.45) is 0 Å². The first-order valence-corrected chi connectivity index (χ1v) is 9.96. The summed E-state index contributed by atoms with van der Waals surface area (Å²) in [4.78, 5) is 0. The van der Waals surface area contributed by atoms with Gasteiger partial charge >= 0.3 is 0 Å². The van der Waals surface area contributed by atoms with Crippen LogP contribution in [0, 0.1) is 0 Å². The minimum atomic E-state index is -0.0604. The van der Waals surface area contributed by atoms with Crippen LogP contribution in [0.2, 0.25) is 12.1 Å². The number of ether oxygens (including phenoxy) is 4. The topological polar surface area (TPSA) is 36.9 Å². The van der Waals surface area contributed by atoms with E-state index in [-0.39, 0.29) is 11.8 Å². The summed E-state index contributed by atoms with van der Waals surface area (Å²) in [6.45, 7) is 0. The summed E-state index contributed by atoms with van der Waals surface area (Å²) in [5.74, 6) is -0.121. The van der Waals surface area contributed by atoms with Crippen molar-refractivity contribution in [2.45, 2.75) is 36.8 Å². The molecule has 0 heterocycles. The zero-order valence-corrected chi connectivity index (χ0v) is 15.9. The number of methoxy groups -OCH3 is 4. The van der Waals surface area contributed by atoms with Crippen molar-refractivity contribution < 1.29 is 18.9 Å². The van der Waals surface area contributed by atoms with E-state index in [0.717, 1.165) is 24.9 Å². The second-order valence-corrected chi connectivity index (χ2v) is 7.59. The zero-order chi connectivity index (χ0) is 16.2. The van der Waals surface area contributed by atoms with E-state index < -0.39 is 0 Å². The maximum atomic E-state index is 5.21. The fourth-order valence-corrected chi connectivity index (χ4v) is 4.07. The molecule has 0 spiro atoms. The number of hydrogen-bond acceptors (Lipinski definition) is 4. The van der Waals surface area contributed by atoms with Crippen LogP contribution in [0.15, 0.2) is 24.3 Å². The summed E-state index contributed by atoms with van der Waals surface area (Å²) in [6.07, 6.45) is 2.14. The van der Waals surface area contributed by atoms with Gasteiger partial charge in [0.1, 0.15) is 30.9 Å². The van der Waals surface area contributed by atoms with Gasteiger partial charge in [0, 0.05) is 28.4 Å². The Morgan fingerprint density at radius 2 is 1.00 bits per heavy atom. The molecule has 0 aromatic heterocycles. The van der Waals surface area contributed by atoms with Gasteiger partial charge in [-0.05, 0) is 24.0 Å². The monoisotopic (exact) mass is 338 g/mol. The Labute approximate surface area is 139 Å².